The highest BCUT2D eigenvalue weighted by molar-refractivity contribution is 5.97. The maximum Gasteiger partial charge on any atom is 0.373 e. The molecule has 0 bridgehead atoms. The fraction of sp³-hybridized carbons (Fsp3) is 0.400. The molecule has 8 heteroatoms. The molecular weight excluding hydrogens is 428 g/mol. The number of ether oxygens (including phenoxy) is 3. The first kappa shape index (κ1) is 24.1. The minimum atomic E-state index is -0.636. The predicted octanol–water partition coefficient (Wildman–Crippen LogP) is 4.83. The molecular formula is C25H28O8. The minimum absolute atomic E-state index is 0.00251. The van der Waals surface area contributed by atoms with Gasteiger partial charge in [-0.2, -0.15) is 0 Å². The normalized spacial score (nSPS) is 17.6. The molecule has 1 atom stereocenters. The number of esters is 2. The molecule has 0 fully saturated rings. The number of carbonyl (C=O) groups excluding carboxylic acids is 3. The summed E-state index contributed by atoms with van der Waals surface area (Å²) in [5.41, 5.74) is 0.504. The third-order valence-corrected chi connectivity index (χ3v) is 5.25. The van der Waals surface area contributed by atoms with Crippen molar-refractivity contribution in [2.45, 2.75) is 58.2 Å². The van der Waals surface area contributed by atoms with Crippen LogP contribution in [-0.4, -0.2) is 36.0 Å². The van der Waals surface area contributed by atoms with E-state index in [0.717, 1.165) is 0 Å². The van der Waals surface area contributed by atoms with Gasteiger partial charge in [0.05, 0.1) is 13.2 Å². The summed E-state index contributed by atoms with van der Waals surface area (Å²) >= 11 is 0. The summed E-state index contributed by atoms with van der Waals surface area (Å²) in [5.74, 6) is -0.524. The Morgan fingerprint density at radius 3 is 2.76 bits per heavy atom. The highest BCUT2D eigenvalue weighted by atomic mass is 16.5. The fourth-order valence-corrected chi connectivity index (χ4v) is 3.52. The molecule has 0 amide bonds. The van der Waals surface area contributed by atoms with Crippen LogP contribution in [0.15, 0.2) is 34.8 Å². The average molecular weight is 456 g/mol. The van der Waals surface area contributed by atoms with Crippen LogP contribution >= 0.6 is 0 Å². The Morgan fingerprint density at radius 1 is 1.18 bits per heavy atom. The van der Waals surface area contributed by atoms with Crippen molar-refractivity contribution >= 4 is 23.8 Å². The number of phenols is 1. The van der Waals surface area contributed by atoms with Crippen molar-refractivity contribution < 1.29 is 38.1 Å². The number of phenolic OH excluding ortho intramolecular Hbond substituents is 1. The van der Waals surface area contributed by atoms with Gasteiger partial charge in [0.25, 0.3) is 0 Å². The Hall–Kier alpha value is -3.55. The molecule has 0 spiro atoms. The van der Waals surface area contributed by atoms with Crippen molar-refractivity contribution in [3.63, 3.8) is 0 Å². The molecule has 2 heterocycles. The first-order chi connectivity index (χ1) is 15.9. The first-order valence-electron chi connectivity index (χ1n) is 10.9. The number of aromatic hydroxyl groups is 1. The Bertz CT molecular complexity index is 1030. The van der Waals surface area contributed by atoms with Crippen LogP contribution in [0.25, 0.3) is 6.08 Å². The summed E-state index contributed by atoms with van der Waals surface area (Å²) in [6, 6.07) is 6.03. The first-order valence-corrected chi connectivity index (χ1v) is 10.9. The molecule has 33 heavy (non-hydrogen) atoms. The molecule has 1 N–H and O–H groups in total. The third kappa shape index (κ3) is 6.71. The van der Waals surface area contributed by atoms with E-state index in [9.17, 15) is 19.5 Å². The van der Waals surface area contributed by atoms with Gasteiger partial charge in [-0.3, -0.25) is 4.79 Å². The Morgan fingerprint density at radius 2 is 1.97 bits per heavy atom. The second-order valence-electron chi connectivity index (χ2n) is 7.89. The predicted molar refractivity (Wildman–Crippen MR) is 119 cm³/mol. The molecule has 0 aliphatic carbocycles. The van der Waals surface area contributed by atoms with Crippen LogP contribution in [0.3, 0.4) is 0 Å². The zero-order chi connectivity index (χ0) is 23.8. The van der Waals surface area contributed by atoms with E-state index in [1.807, 2.05) is 6.08 Å². The van der Waals surface area contributed by atoms with E-state index < -0.39 is 11.9 Å². The summed E-state index contributed by atoms with van der Waals surface area (Å²) in [4.78, 5) is 36.2. The van der Waals surface area contributed by atoms with Gasteiger partial charge in [0, 0.05) is 18.9 Å². The van der Waals surface area contributed by atoms with Gasteiger partial charge in [0.1, 0.15) is 35.2 Å². The molecule has 0 saturated carbocycles. The summed E-state index contributed by atoms with van der Waals surface area (Å²) < 4.78 is 21.2. The highest BCUT2D eigenvalue weighted by Crippen LogP contribution is 2.31. The topological polar surface area (TPSA) is 112 Å². The summed E-state index contributed by atoms with van der Waals surface area (Å²) in [7, 11) is 1.26. The summed E-state index contributed by atoms with van der Waals surface area (Å²) in [5, 5.41) is 10.6. The number of furan rings is 1. The van der Waals surface area contributed by atoms with Gasteiger partial charge in [-0.05, 0) is 56.4 Å². The quantitative estimate of drug-likeness (QED) is 0.651. The molecule has 1 unspecified atom stereocenters. The van der Waals surface area contributed by atoms with Gasteiger partial charge in [0.2, 0.25) is 5.76 Å². The number of hydrogen-bond donors (Lipinski definition) is 1. The van der Waals surface area contributed by atoms with Crippen molar-refractivity contribution in [2.24, 2.45) is 0 Å². The second-order valence-corrected chi connectivity index (χ2v) is 7.89. The van der Waals surface area contributed by atoms with Crippen molar-refractivity contribution in [3.8, 4) is 11.5 Å². The number of allylic oxidation sites excluding steroid dienone is 1. The van der Waals surface area contributed by atoms with Crippen LogP contribution < -0.4 is 4.74 Å². The zero-order valence-corrected chi connectivity index (χ0v) is 18.8. The van der Waals surface area contributed by atoms with E-state index in [2.05, 4.69) is 4.74 Å². The Balaban J connectivity index is 1.81. The lowest BCUT2D eigenvalue weighted by Crippen LogP contribution is -2.17. The number of Topliss-reactive ketones (excluding diaryl/α,β-unsaturated/α-hetero) is 1. The number of methoxy groups -OCH3 is 1. The number of cyclic esters (lactones) is 1. The average Bonchev–Trinajstić information content (AvgIpc) is 3.25. The number of carbonyl (C=O) groups is 3. The highest BCUT2D eigenvalue weighted by Gasteiger charge is 2.21. The SMILES string of the molecule is COC(=O)c1ccc(COc2cc(O)c3c(c2)C=CCCCC(=O)CCCC(C)OC3=O)o1. The summed E-state index contributed by atoms with van der Waals surface area (Å²) in [6.45, 7) is 1.77. The number of benzene rings is 1. The van der Waals surface area contributed by atoms with Crippen LogP contribution in [0, 0.1) is 0 Å². The number of fused-ring (bicyclic) bond motifs is 1. The molecule has 3 rings (SSSR count). The Kier molecular flexibility index (Phi) is 8.29. The summed E-state index contributed by atoms with van der Waals surface area (Å²) in [6.07, 6.45) is 6.77. The Labute approximate surface area is 192 Å². The van der Waals surface area contributed by atoms with Crippen molar-refractivity contribution in [3.05, 3.63) is 53.0 Å². The van der Waals surface area contributed by atoms with E-state index in [-0.39, 0.29) is 35.6 Å². The van der Waals surface area contributed by atoms with Crippen molar-refractivity contribution in [2.75, 3.05) is 7.11 Å². The zero-order valence-electron chi connectivity index (χ0n) is 18.8. The molecule has 1 aromatic heterocycles. The van der Waals surface area contributed by atoms with E-state index in [4.69, 9.17) is 13.9 Å². The lowest BCUT2D eigenvalue weighted by atomic mass is 10.0. The third-order valence-electron chi connectivity index (χ3n) is 5.25. The smallest absolute Gasteiger partial charge is 0.373 e. The van der Waals surface area contributed by atoms with Gasteiger partial charge in [-0.1, -0.05) is 12.2 Å². The van der Waals surface area contributed by atoms with E-state index in [0.29, 0.717) is 55.6 Å². The van der Waals surface area contributed by atoms with Crippen LogP contribution in [0.2, 0.25) is 0 Å². The lowest BCUT2D eigenvalue weighted by molar-refractivity contribution is -0.119. The van der Waals surface area contributed by atoms with Crippen LogP contribution in [0.1, 0.15) is 77.7 Å². The largest absolute Gasteiger partial charge is 0.507 e. The maximum absolute atomic E-state index is 12.8. The molecule has 1 aliphatic rings. The minimum Gasteiger partial charge on any atom is -0.507 e. The van der Waals surface area contributed by atoms with E-state index >= 15 is 0 Å². The molecule has 1 aromatic carbocycles. The molecule has 0 radical (unpaired) electrons. The molecule has 1 aliphatic heterocycles. The van der Waals surface area contributed by atoms with Gasteiger partial charge in [-0.15, -0.1) is 0 Å². The monoisotopic (exact) mass is 456 g/mol. The molecule has 8 nitrogen and oxygen atoms in total. The van der Waals surface area contributed by atoms with Crippen LogP contribution in [0.4, 0.5) is 0 Å². The van der Waals surface area contributed by atoms with Crippen molar-refractivity contribution in [1.29, 1.82) is 0 Å². The number of rotatable bonds is 4. The van der Waals surface area contributed by atoms with Gasteiger partial charge in [-0.25, -0.2) is 9.59 Å². The number of ketones is 1. The molecule has 2 aromatic rings. The molecule has 0 saturated heterocycles. The van der Waals surface area contributed by atoms with Gasteiger partial charge < -0.3 is 23.7 Å². The van der Waals surface area contributed by atoms with Crippen molar-refractivity contribution in [1.82, 2.24) is 0 Å². The van der Waals surface area contributed by atoms with Crippen LogP contribution in [0.5, 0.6) is 11.5 Å². The van der Waals surface area contributed by atoms with E-state index in [1.165, 1.54) is 19.2 Å². The fourth-order valence-electron chi connectivity index (χ4n) is 3.52. The van der Waals surface area contributed by atoms with Gasteiger partial charge in [0.15, 0.2) is 0 Å². The van der Waals surface area contributed by atoms with E-state index in [1.54, 1.807) is 25.1 Å². The standard InChI is InChI=1S/C25H28O8/c1-16-7-6-10-18(26)9-5-3-4-8-17-13-20(14-21(27)23(17)25(29)32-16)31-15-19-11-12-22(33-19)24(28)30-2/h4,8,11-14,16,27H,3,5-7,9-10,15H2,1-2H3. The number of hydrogen-bond acceptors (Lipinski definition) is 8. The lowest BCUT2D eigenvalue weighted by Gasteiger charge is -2.16. The molecule has 176 valence electrons. The van der Waals surface area contributed by atoms with Gasteiger partial charge >= 0.3 is 11.9 Å². The maximum atomic E-state index is 12.8. The second kappa shape index (κ2) is 11.4. The van der Waals surface area contributed by atoms with Crippen LogP contribution in [-0.2, 0) is 20.9 Å².